The van der Waals surface area contributed by atoms with Crippen LogP contribution in [0.25, 0.3) is 0 Å². The number of unbranched alkanes of at least 4 members (excludes halogenated alkanes) is 1. The van der Waals surface area contributed by atoms with Gasteiger partial charge >= 0.3 is 0 Å². The Bertz CT molecular complexity index is 455. The van der Waals surface area contributed by atoms with Crippen LogP contribution in [0.2, 0.25) is 0 Å². The number of hydrogen-bond acceptors (Lipinski definition) is 3. The molecule has 0 aliphatic rings. The molecule has 0 aliphatic heterocycles. The summed E-state index contributed by atoms with van der Waals surface area (Å²) in [5.74, 6) is 0. The molecule has 0 amide bonds. The molecule has 2 aromatic rings. The lowest BCUT2D eigenvalue weighted by Gasteiger charge is -2.29. The van der Waals surface area contributed by atoms with Crippen molar-refractivity contribution in [1.82, 2.24) is 14.8 Å². The molecule has 1 unspecified atom stereocenters. The number of aromatic nitrogens is 3. The normalized spacial score (nSPS) is 14.3. The van der Waals surface area contributed by atoms with Gasteiger partial charge in [-0.25, -0.2) is 0 Å². The first-order valence-corrected chi connectivity index (χ1v) is 6.35. The van der Waals surface area contributed by atoms with E-state index in [-0.39, 0.29) is 0 Å². The highest BCUT2D eigenvalue weighted by atomic mass is 16.3. The minimum atomic E-state index is -0.848. The topological polar surface area (TPSA) is 50.9 Å². The lowest BCUT2D eigenvalue weighted by atomic mass is 9.88. The van der Waals surface area contributed by atoms with Gasteiger partial charge in [0.05, 0.1) is 6.54 Å². The predicted octanol–water partition coefficient (Wildman–Crippen LogP) is 2.36. The number of benzene rings is 1. The Morgan fingerprint density at radius 2 is 1.83 bits per heavy atom. The van der Waals surface area contributed by atoms with Gasteiger partial charge in [-0.1, -0.05) is 50.1 Å². The minimum absolute atomic E-state index is 0.490. The first-order chi connectivity index (χ1) is 8.74. The average Bonchev–Trinajstić information content (AvgIpc) is 2.90. The second-order valence-corrected chi connectivity index (χ2v) is 4.64. The molecule has 4 nitrogen and oxygen atoms in total. The number of rotatable bonds is 6. The van der Waals surface area contributed by atoms with E-state index in [2.05, 4.69) is 17.1 Å². The number of nitrogens with zero attached hydrogens (tertiary/aromatic N) is 3. The van der Waals surface area contributed by atoms with E-state index < -0.39 is 5.60 Å². The van der Waals surface area contributed by atoms with Crippen LogP contribution < -0.4 is 0 Å². The molecule has 1 atom stereocenters. The maximum atomic E-state index is 10.9. The van der Waals surface area contributed by atoms with E-state index in [0.29, 0.717) is 6.54 Å². The summed E-state index contributed by atoms with van der Waals surface area (Å²) in [6.45, 7) is 2.62. The Morgan fingerprint density at radius 1 is 1.17 bits per heavy atom. The van der Waals surface area contributed by atoms with Crippen molar-refractivity contribution in [2.24, 2.45) is 0 Å². The van der Waals surface area contributed by atoms with Gasteiger partial charge in [0.2, 0.25) is 0 Å². The van der Waals surface area contributed by atoms with Crippen LogP contribution in [0.15, 0.2) is 43.0 Å². The molecule has 0 radical (unpaired) electrons. The molecule has 0 aliphatic carbocycles. The van der Waals surface area contributed by atoms with Crippen molar-refractivity contribution in [3.8, 4) is 0 Å². The van der Waals surface area contributed by atoms with E-state index in [9.17, 15) is 5.11 Å². The fourth-order valence-electron chi connectivity index (χ4n) is 2.14. The van der Waals surface area contributed by atoms with Crippen LogP contribution >= 0.6 is 0 Å². The van der Waals surface area contributed by atoms with Crippen molar-refractivity contribution >= 4 is 0 Å². The zero-order valence-corrected chi connectivity index (χ0v) is 10.7. The van der Waals surface area contributed by atoms with E-state index in [4.69, 9.17) is 0 Å². The molecule has 1 aromatic carbocycles. The SMILES string of the molecule is CCCCC(O)(Cn1cnnc1)c1ccccc1. The van der Waals surface area contributed by atoms with Crippen LogP contribution in [0.3, 0.4) is 0 Å². The van der Waals surface area contributed by atoms with Gasteiger partial charge in [0.15, 0.2) is 0 Å². The summed E-state index contributed by atoms with van der Waals surface area (Å²) >= 11 is 0. The van der Waals surface area contributed by atoms with Crippen molar-refractivity contribution < 1.29 is 5.11 Å². The fraction of sp³-hybridized carbons (Fsp3) is 0.429. The van der Waals surface area contributed by atoms with Crippen LogP contribution in [0.5, 0.6) is 0 Å². The number of aliphatic hydroxyl groups is 1. The molecule has 18 heavy (non-hydrogen) atoms. The third-order valence-electron chi connectivity index (χ3n) is 3.17. The Balaban J connectivity index is 2.22. The summed E-state index contributed by atoms with van der Waals surface area (Å²) in [6.07, 6.45) is 6.08. The smallest absolute Gasteiger partial charge is 0.119 e. The number of hydrogen-bond donors (Lipinski definition) is 1. The van der Waals surface area contributed by atoms with Crippen molar-refractivity contribution in [2.45, 2.75) is 38.3 Å². The lowest BCUT2D eigenvalue weighted by Crippen LogP contribution is -2.31. The van der Waals surface area contributed by atoms with Crippen molar-refractivity contribution in [2.75, 3.05) is 0 Å². The van der Waals surface area contributed by atoms with Gasteiger partial charge in [0.25, 0.3) is 0 Å². The van der Waals surface area contributed by atoms with Crippen molar-refractivity contribution in [3.05, 3.63) is 48.5 Å². The molecule has 2 rings (SSSR count). The Morgan fingerprint density at radius 3 is 2.44 bits per heavy atom. The lowest BCUT2D eigenvalue weighted by molar-refractivity contribution is 0.00739. The largest absolute Gasteiger partial charge is 0.383 e. The maximum Gasteiger partial charge on any atom is 0.119 e. The molecular formula is C14H19N3O. The molecule has 0 fully saturated rings. The van der Waals surface area contributed by atoms with Crippen molar-refractivity contribution in [3.63, 3.8) is 0 Å². The molecule has 0 spiro atoms. The molecule has 0 saturated carbocycles. The molecule has 1 aromatic heterocycles. The quantitative estimate of drug-likeness (QED) is 0.850. The zero-order chi connectivity index (χ0) is 12.8. The molecule has 1 heterocycles. The summed E-state index contributed by atoms with van der Waals surface area (Å²) in [5.41, 5.74) is 0.103. The highest BCUT2D eigenvalue weighted by Crippen LogP contribution is 2.28. The van der Waals surface area contributed by atoms with E-state index in [1.807, 2.05) is 34.9 Å². The first kappa shape index (κ1) is 12.8. The maximum absolute atomic E-state index is 10.9. The van der Waals surface area contributed by atoms with Crippen LogP contribution in [-0.2, 0) is 12.1 Å². The highest BCUT2D eigenvalue weighted by molar-refractivity contribution is 5.22. The molecule has 96 valence electrons. The van der Waals surface area contributed by atoms with Crippen molar-refractivity contribution in [1.29, 1.82) is 0 Å². The van der Waals surface area contributed by atoms with Gasteiger partial charge in [-0.3, -0.25) is 0 Å². The van der Waals surface area contributed by atoms with E-state index >= 15 is 0 Å². The van der Waals surface area contributed by atoms with Crippen LogP contribution in [0.1, 0.15) is 31.7 Å². The van der Waals surface area contributed by atoms with Gasteiger partial charge in [0.1, 0.15) is 18.3 Å². The van der Waals surface area contributed by atoms with Crippen LogP contribution in [0, 0.1) is 0 Å². The highest BCUT2D eigenvalue weighted by Gasteiger charge is 2.28. The van der Waals surface area contributed by atoms with Gasteiger partial charge in [-0.2, -0.15) is 0 Å². The second kappa shape index (κ2) is 5.78. The standard InChI is InChI=1S/C14H19N3O/c1-2-3-9-14(18,10-17-11-15-16-12-17)13-7-5-4-6-8-13/h4-8,11-12,18H,2-3,9-10H2,1H3. The molecule has 0 saturated heterocycles. The fourth-order valence-corrected chi connectivity index (χ4v) is 2.14. The summed E-state index contributed by atoms with van der Waals surface area (Å²) < 4.78 is 1.82. The molecule has 4 heteroatoms. The zero-order valence-electron chi connectivity index (χ0n) is 10.7. The Hall–Kier alpha value is -1.68. The Kier molecular flexibility index (Phi) is 4.10. The average molecular weight is 245 g/mol. The van der Waals surface area contributed by atoms with E-state index in [0.717, 1.165) is 24.8 Å². The first-order valence-electron chi connectivity index (χ1n) is 6.35. The van der Waals surface area contributed by atoms with Crippen LogP contribution in [-0.4, -0.2) is 19.9 Å². The molecular weight excluding hydrogens is 226 g/mol. The Labute approximate surface area is 107 Å². The van der Waals surface area contributed by atoms with Gasteiger partial charge in [-0.15, -0.1) is 10.2 Å². The molecule has 0 bridgehead atoms. The summed E-state index contributed by atoms with van der Waals surface area (Å²) in [6, 6.07) is 9.82. The summed E-state index contributed by atoms with van der Waals surface area (Å²) in [4.78, 5) is 0. The van der Waals surface area contributed by atoms with Gasteiger partial charge < -0.3 is 9.67 Å². The van der Waals surface area contributed by atoms with E-state index in [1.165, 1.54) is 0 Å². The predicted molar refractivity (Wildman–Crippen MR) is 69.9 cm³/mol. The third kappa shape index (κ3) is 2.96. The second-order valence-electron chi connectivity index (χ2n) is 4.64. The van der Waals surface area contributed by atoms with Crippen LogP contribution in [0.4, 0.5) is 0 Å². The summed E-state index contributed by atoms with van der Waals surface area (Å²) in [5, 5.41) is 18.5. The molecule has 1 N–H and O–H groups in total. The van der Waals surface area contributed by atoms with E-state index in [1.54, 1.807) is 12.7 Å². The monoisotopic (exact) mass is 245 g/mol. The summed E-state index contributed by atoms with van der Waals surface area (Å²) in [7, 11) is 0. The van der Waals surface area contributed by atoms with Gasteiger partial charge in [-0.05, 0) is 12.0 Å². The third-order valence-corrected chi connectivity index (χ3v) is 3.17. The van der Waals surface area contributed by atoms with Gasteiger partial charge in [0, 0.05) is 0 Å². The minimum Gasteiger partial charge on any atom is -0.383 e.